The quantitative estimate of drug-likeness (QED) is 0.784. The van der Waals surface area contributed by atoms with Gasteiger partial charge in [-0.2, -0.15) is 0 Å². The van der Waals surface area contributed by atoms with E-state index in [0.29, 0.717) is 12.0 Å². The molecule has 16 heavy (non-hydrogen) atoms. The first-order valence-electron chi connectivity index (χ1n) is 6.15. The lowest BCUT2D eigenvalue weighted by atomic mass is 9.96. The lowest BCUT2D eigenvalue weighted by molar-refractivity contribution is -0.249. The molecule has 0 N–H and O–H groups in total. The standard InChI is InChI=1S/C13H20O3/c1-3-6-11-10(4-2)9-15-13(16-11)12-7-5-8-14-12/h5,7-8,10-11,13H,3-4,6,9H2,1-2H3/t10-,11-,13-/m0/s1. The highest BCUT2D eigenvalue weighted by atomic mass is 16.7. The topological polar surface area (TPSA) is 31.6 Å². The Morgan fingerprint density at radius 3 is 2.88 bits per heavy atom. The summed E-state index contributed by atoms with van der Waals surface area (Å²) in [6.45, 7) is 5.15. The minimum atomic E-state index is -0.311. The van der Waals surface area contributed by atoms with E-state index in [1.54, 1.807) is 6.26 Å². The van der Waals surface area contributed by atoms with Crippen LogP contribution in [0.2, 0.25) is 0 Å². The van der Waals surface area contributed by atoms with Crippen LogP contribution in [0.5, 0.6) is 0 Å². The van der Waals surface area contributed by atoms with Crippen molar-refractivity contribution in [3.63, 3.8) is 0 Å². The molecule has 1 fully saturated rings. The molecule has 90 valence electrons. The van der Waals surface area contributed by atoms with E-state index in [9.17, 15) is 0 Å². The minimum Gasteiger partial charge on any atom is -0.464 e. The summed E-state index contributed by atoms with van der Waals surface area (Å²) in [5, 5.41) is 0. The third kappa shape index (κ3) is 2.47. The molecular weight excluding hydrogens is 204 g/mol. The normalized spacial score (nSPS) is 30.5. The van der Waals surface area contributed by atoms with Crippen molar-refractivity contribution in [1.29, 1.82) is 0 Å². The van der Waals surface area contributed by atoms with E-state index in [0.717, 1.165) is 31.6 Å². The van der Waals surface area contributed by atoms with Gasteiger partial charge in [0.05, 0.1) is 19.0 Å². The summed E-state index contributed by atoms with van der Waals surface area (Å²) in [4.78, 5) is 0. The minimum absolute atomic E-state index is 0.304. The summed E-state index contributed by atoms with van der Waals surface area (Å²) in [6.07, 6.45) is 5.00. The summed E-state index contributed by atoms with van der Waals surface area (Å²) in [5.41, 5.74) is 0. The third-order valence-corrected chi connectivity index (χ3v) is 3.16. The SMILES string of the molecule is CCC[C@@H]1O[C@@H](c2ccco2)OC[C@@H]1CC. The fourth-order valence-electron chi connectivity index (χ4n) is 2.17. The second-order valence-electron chi connectivity index (χ2n) is 4.31. The number of hydrogen-bond donors (Lipinski definition) is 0. The Bertz CT molecular complexity index is 294. The predicted octanol–water partition coefficient (Wildman–Crippen LogP) is 3.52. The van der Waals surface area contributed by atoms with Gasteiger partial charge < -0.3 is 13.9 Å². The summed E-state index contributed by atoms with van der Waals surface area (Å²) in [5.74, 6) is 1.29. The lowest BCUT2D eigenvalue weighted by Crippen LogP contribution is -2.35. The fraction of sp³-hybridized carbons (Fsp3) is 0.692. The Kier molecular flexibility index (Phi) is 4.02. The zero-order valence-corrected chi connectivity index (χ0v) is 10.0. The molecule has 0 radical (unpaired) electrons. The van der Waals surface area contributed by atoms with Crippen LogP contribution in [0.3, 0.4) is 0 Å². The van der Waals surface area contributed by atoms with Crippen molar-refractivity contribution in [3.8, 4) is 0 Å². The number of rotatable bonds is 4. The maximum Gasteiger partial charge on any atom is 0.217 e. The summed E-state index contributed by atoms with van der Waals surface area (Å²) >= 11 is 0. The maximum atomic E-state index is 5.96. The smallest absolute Gasteiger partial charge is 0.217 e. The largest absolute Gasteiger partial charge is 0.464 e. The van der Waals surface area contributed by atoms with Crippen molar-refractivity contribution in [1.82, 2.24) is 0 Å². The van der Waals surface area contributed by atoms with Crippen molar-refractivity contribution in [2.75, 3.05) is 6.61 Å². The van der Waals surface area contributed by atoms with Crippen LogP contribution in [0, 0.1) is 5.92 Å². The van der Waals surface area contributed by atoms with E-state index < -0.39 is 0 Å². The highest BCUT2D eigenvalue weighted by Crippen LogP contribution is 2.32. The van der Waals surface area contributed by atoms with Crippen molar-refractivity contribution in [2.24, 2.45) is 5.92 Å². The number of furan rings is 1. The van der Waals surface area contributed by atoms with E-state index in [1.165, 1.54) is 0 Å². The van der Waals surface area contributed by atoms with Gasteiger partial charge in [-0.1, -0.05) is 20.3 Å². The first-order valence-corrected chi connectivity index (χ1v) is 6.15. The maximum absolute atomic E-state index is 5.96. The number of ether oxygens (including phenoxy) is 2. The van der Waals surface area contributed by atoms with Gasteiger partial charge in [-0.25, -0.2) is 0 Å². The Balaban J connectivity index is 2.00. The molecule has 1 aromatic heterocycles. The third-order valence-electron chi connectivity index (χ3n) is 3.16. The molecule has 0 saturated carbocycles. The molecule has 0 bridgehead atoms. The molecule has 0 aliphatic carbocycles. The van der Waals surface area contributed by atoms with Crippen LogP contribution >= 0.6 is 0 Å². The van der Waals surface area contributed by atoms with Gasteiger partial charge in [-0.3, -0.25) is 0 Å². The van der Waals surface area contributed by atoms with Crippen molar-refractivity contribution < 1.29 is 13.9 Å². The second-order valence-corrected chi connectivity index (χ2v) is 4.31. The summed E-state index contributed by atoms with van der Waals surface area (Å²) in [6, 6.07) is 3.77. The van der Waals surface area contributed by atoms with Crippen molar-refractivity contribution in [2.45, 2.75) is 45.5 Å². The van der Waals surface area contributed by atoms with Gasteiger partial charge in [0.2, 0.25) is 6.29 Å². The van der Waals surface area contributed by atoms with Gasteiger partial charge in [0, 0.05) is 5.92 Å². The average Bonchev–Trinajstić information content (AvgIpc) is 2.83. The van der Waals surface area contributed by atoms with Gasteiger partial charge >= 0.3 is 0 Å². The van der Waals surface area contributed by atoms with E-state index in [1.807, 2.05) is 12.1 Å². The second kappa shape index (κ2) is 5.51. The van der Waals surface area contributed by atoms with E-state index in [4.69, 9.17) is 13.9 Å². The van der Waals surface area contributed by atoms with Crippen LogP contribution < -0.4 is 0 Å². The molecule has 3 atom stereocenters. The highest BCUT2D eigenvalue weighted by molar-refractivity contribution is 5.00. The van der Waals surface area contributed by atoms with Gasteiger partial charge in [-0.15, -0.1) is 0 Å². The predicted molar refractivity (Wildman–Crippen MR) is 61.0 cm³/mol. The summed E-state index contributed by atoms with van der Waals surface area (Å²) < 4.78 is 17.0. The van der Waals surface area contributed by atoms with Gasteiger partial charge in [-0.05, 0) is 25.0 Å². The van der Waals surface area contributed by atoms with Gasteiger partial charge in [0.1, 0.15) is 0 Å². The van der Waals surface area contributed by atoms with Crippen LogP contribution in [0.4, 0.5) is 0 Å². The summed E-state index contributed by atoms with van der Waals surface area (Å²) in [7, 11) is 0. The number of hydrogen-bond acceptors (Lipinski definition) is 3. The van der Waals surface area contributed by atoms with Gasteiger partial charge in [0.15, 0.2) is 5.76 Å². The molecule has 0 aromatic carbocycles. The molecule has 0 unspecified atom stereocenters. The van der Waals surface area contributed by atoms with Crippen molar-refractivity contribution in [3.05, 3.63) is 24.2 Å². The van der Waals surface area contributed by atoms with Crippen LogP contribution in [-0.2, 0) is 9.47 Å². The van der Waals surface area contributed by atoms with E-state index in [2.05, 4.69) is 13.8 Å². The molecule has 1 aromatic rings. The molecule has 2 rings (SSSR count). The monoisotopic (exact) mass is 224 g/mol. The lowest BCUT2D eigenvalue weighted by Gasteiger charge is -2.35. The van der Waals surface area contributed by atoms with Crippen LogP contribution in [0.1, 0.15) is 45.2 Å². The highest BCUT2D eigenvalue weighted by Gasteiger charge is 2.32. The fourth-order valence-corrected chi connectivity index (χ4v) is 2.17. The van der Waals surface area contributed by atoms with E-state index >= 15 is 0 Å². The Labute approximate surface area is 96.7 Å². The first-order chi connectivity index (χ1) is 7.85. The molecule has 0 spiro atoms. The Hall–Kier alpha value is -0.800. The molecule has 1 aliphatic heterocycles. The zero-order chi connectivity index (χ0) is 11.4. The molecule has 0 amide bonds. The zero-order valence-electron chi connectivity index (χ0n) is 10.0. The molecule has 3 heteroatoms. The Morgan fingerprint density at radius 2 is 2.25 bits per heavy atom. The molecular formula is C13H20O3. The first kappa shape index (κ1) is 11.7. The van der Waals surface area contributed by atoms with Crippen LogP contribution in [0.15, 0.2) is 22.8 Å². The van der Waals surface area contributed by atoms with Crippen molar-refractivity contribution >= 4 is 0 Å². The van der Waals surface area contributed by atoms with E-state index in [-0.39, 0.29) is 6.29 Å². The molecule has 3 nitrogen and oxygen atoms in total. The Morgan fingerprint density at radius 1 is 1.38 bits per heavy atom. The average molecular weight is 224 g/mol. The molecule has 2 heterocycles. The molecule has 1 aliphatic rings. The molecule has 1 saturated heterocycles. The van der Waals surface area contributed by atoms with Crippen LogP contribution in [-0.4, -0.2) is 12.7 Å². The van der Waals surface area contributed by atoms with Gasteiger partial charge in [0.25, 0.3) is 0 Å². The van der Waals surface area contributed by atoms with Crippen LogP contribution in [0.25, 0.3) is 0 Å².